The lowest BCUT2D eigenvalue weighted by atomic mass is 10.1. The van der Waals surface area contributed by atoms with Gasteiger partial charge in [0.25, 0.3) is 5.91 Å². The number of aryl methyl sites for hydroxylation is 1. The molecule has 102 valence electrons. The Morgan fingerprint density at radius 1 is 1.37 bits per heavy atom. The van der Waals surface area contributed by atoms with Crippen LogP contribution < -0.4 is 10.6 Å². The number of hydrogen-bond donors (Lipinski definition) is 2. The van der Waals surface area contributed by atoms with Crippen molar-refractivity contribution in [1.82, 2.24) is 10.6 Å². The summed E-state index contributed by atoms with van der Waals surface area (Å²) in [5, 5.41) is 5.77. The number of halogens is 1. The predicted molar refractivity (Wildman–Crippen MR) is 72.3 cm³/mol. The second kappa shape index (κ2) is 4.64. The van der Waals surface area contributed by atoms with Crippen molar-refractivity contribution in [2.45, 2.75) is 39.3 Å². The first-order chi connectivity index (χ1) is 8.76. The molecule has 1 aromatic carbocycles. The van der Waals surface area contributed by atoms with Crippen LogP contribution in [0.2, 0.25) is 0 Å². The molecule has 2 N–H and O–H groups in total. The van der Waals surface area contributed by atoms with E-state index >= 15 is 0 Å². The molecule has 1 unspecified atom stereocenters. The Balaban J connectivity index is 2.25. The molecule has 0 aliphatic carbocycles. The van der Waals surface area contributed by atoms with E-state index in [1.165, 1.54) is 6.07 Å². The van der Waals surface area contributed by atoms with Gasteiger partial charge >= 0.3 is 0 Å². The van der Waals surface area contributed by atoms with Crippen molar-refractivity contribution in [3.8, 4) is 0 Å². The lowest BCUT2D eigenvalue weighted by Crippen LogP contribution is -2.46. The van der Waals surface area contributed by atoms with Crippen LogP contribution in [-0.4, -0.2) is 17.4 Å². The third-order valence-electron chi connectivity index (χ3n) is 2.75. The van der Waals surface area contributed by atoms with E-state index in [-0.39, 0.29) is 17.3 Å². The minimum absolute atomic E-state index is 0.195. The average Bonchev–Trinajstić information content (AvgIpc) is 2.61. The second-order valence-corrected chi connectivity index (χ2v) is 5.75. The maximum absolute atomic E-state index is 13.5. The molecule has 0 spiro atoms. The van der Waals surface area contributed by atoms with E-state index in [4.69, 9.17) is 0 Å². The molecule has 1 aliphatic heterocycles. The van der Waals surface area contributed by atoms with Crippen LogP contribution >= 0.6 is 0 Å². The van der Waals surface area contributed by atoms with Gasteiger partial charge in [-0.25, -0.2) is 9.38 Å². The van der Waals surface area contributed by atoms with Gasteiger partial charge in [0.1, 0.15) is 5.82 Å². The molecule has 0 radical (unpaired) electrons. The van der Waals surface area contributed by atoms with Crippen molar-refractivity contribution in [2.24, 2.45) is 4.99 Å². The summed E-state index contributed by atoms with van der Waals surface area (Å²) in [4.78, 5) is 16.2. The van der Waals surface area contributed by atoms with Crippen LogP contribution in [0.25, 0.3) is 0 Å². The van der Waals surface area contributed by atoms with Crippen LogP contribution in [0, 0.1) is 12.7 Å². The van der Waals surface area contributed by atoms with E-state index in [9.17, 15) is 9.18 Å². The zero-order valence-electron chi connectivity index (χ0n) is 11.5. The topological polar surface area (TPSA) is 53.5 Å². The first kappa shape index (κ1) is 13.5. The van der Waals surface area contributed by atoms with Gasteiger partial charge in [-0.2, -0.15) is 0 Å². The number of guanidine groups is 1. The molecule has 0 saturated heterocycles. The molecule has 5 heteroatoms. The Hall–Kier alpha value is -1.91. The summed E-state index contributed by atoms with van der Waals surface area (Å²) in [5.74, 6) is -0.129. The zero-order valence-corrected chi connectivity index (χ0v) is 11.5. The lowest BCUT2D eigenvalue weighted by molar-refractivity contribution is -0.120. The van der Waals surface area contributed by atoms with Gasteiger partial charge in [-0.15, -0.1) is 0 Å². The van der Waals surface area contributed by atoms with Gasteiger partial charge in [0.15, 0.2) is 12.0 Å². The number of carbonyl (C=O) groups is 1. The van der Waals surface area contributed by atoms with Crippen molar-refractivity contribution in [2.75, 3.05) is 0 Å². The first-order valence-corrected chi connectivity index (χ1v) is 6.19. The quantitative estimate of drug-likeness (QED) is 0.814. The number of carbonyl (C=O) groups excluding carboxylic acids is 1. The number of amides is 1. The van der Waals surface area contributed by atoms with Gasteiger partial charge in [0, 0.05) is 5.54 Å². The van der Waals surface area contributed by atoms with Crippen LogP contribution in [0.4, 0.5) is 4.39 Å². The third kappa shape index (κ3) is 3.10. The summed E-state index contributed by atoms with van der Waals surface area (Å²) in [5.41, 5.74) is 0.921. The highest BCUT2D eigenvalue weighted by atomic mass is 19.1. The molecule has 0 aromatic heterocycles. The normalized spacial score (nSPS) is 19.1. The van der Waals surface area contributed by atoms with E-state index in [2.05, 4.69) is 15.6 Å². The summed E-state index contributed by atoms with van der Waals surface area (Å²) in [7, 11) is 0. The molecule has 0 bridgehead atoms. The van der Waals surface area contributed by atoms with Gasteiger partial charge in [0.2, 0.25) is 0 Å². The SMILES string of the molecule is Cc1ccc(C2N=C(NC(C)(C)C)NC2=O)cc1F. The number of nitrogens with one attached hydrogen (secondary N) is 2. The van der Waals surface area contributed by atoms with Crippen molar-refractivity contribution in [1.29, 1.82) is 0 Å². The van der Waals surface area contributed by atoms with E-state index in [1.54, 1.807) is 19.1 Å². The van der Waals surface area contributed by atoms with Gasteiger partial charge in [-0.05, 0) is 44.9 Å². The smallest absolute Gasteiger partial charge is 0.256 e. The van der Waals surface area contributed by atoms with Gasteiger partial charge in [-0.3, -0.25) is 10.1 Å². The highest BCUT2D eigenvalue weighted by Crippen LogP contribution is 2.23. The number of nitrogens with zero attached hydrogens (tertiary/aromatic N) is 1. The number of benzene rings is 1. The van der Waals surface area contributed by atoms with Crippen molar-refractivity contribution in [3.05, 3.63) is 35.1 Å². The molecule has 1 amide bonds. The fourth-order valence-electron chi connectivity index (χ4n) is 1.83. The van der Waals surface area contributed by atoms with Crippen LogP contribution in [0.5, 0.6) is 0 Å². The van der Waals surface area contributed by atoms with Crippen molar-refractivity contribution < 1.29 is 9.18 Å². The summed E-state index contributed by atoms with van der Waals surface area (Å²) in [6.07, 6.45) is 0. The summed E-state index contributed by atoms with van der Waals surface area (Å²) < 4.78 is 13.5. The monoisotopic (exact) mass is 263 g/mol. The van der Waals surface area contributed by atoms with E-state index in [1.807, 2.05) is 20.8 Å². The molecule has 19 heavy (non-hydrogen) atoms. The Morgan fingerprint density at radius 2 is 2.05 bits per heavy atom. The summed E-state index contributed by atoms with van der Waals surface area (Å²) >= 11 is 0. The third-order valence-corrected chi connectivity index (χ3v) is 2.75. The average molecular weight is 263 g/mol. The molecule has 0 fully saturated rings. The minimum Gasteiger partial charge on any atom is -0.351 e. The molecule has 4 nitrogen and oxygen atoms in total. The highest BCUT2D eigenvalue weighted by molar-refractivity contribution is 6.05. The molecular weight excluding hydrogens is 245 g/mol. The van der Waals surface area contributed by atoms with Crippen LogP contribution in [-0.2, 0) is 4.79 Å². The molecule has 1 atom stereocenters. The van der Waals surface area contributed by atoms with Gasteiger partial charge in [-0.1, -0.05) is 12.1 Å². The number of rotatable bonds is 1. The summed E-state index contributed by atoms with van der Waals surface area (Å²) in [6.45, 7) is 7.60. The van der Waals surface area contributed by atoms with Crippen LogP contribution in [0.1, 0.15) is 37.9 Å². The van der Waals surface area contributed by atoms with Gasteiger partial charge in [0.05, 0.1) is 0 Å². The first-order valence-electron chi connectivity index (χ1n) is 6.19. The van der Waals surface area contributed by atoms with Crippen molar-refractivity contribution in [3.63, 3.8) is 0 Å². The Kier molecular flexibility index (Phi) is 3.30. The maximum atomic E-state index is 13.5. The predicted octanol–water partition coefficient (Wildman–Crippen LogP) is 2.05. The fourth-order valence-corrected chi connectivity index (χ4v) is 1.83. The molecule has 1 aliphatic rings. The summed E-state index contributed by atoms with van der Waals surface area (Å²) in [6, 6.07) is 4.07. The van der Waals surface area contributed by atoms with Crippen LogP contribution in [0.15, 0.2) is 23.2 Å². The second-order valence-electron chi connectivity index (χ2n) is 5.75. The largest absolute Gasteiger partial charge is 0.351 e. The Morgan fingerprint density at radius 3 is 2.63 bits per heavy atom. The Bertz CT molecular complexity index is 546. The number of hydrogen-bond acceptors (Lipinski definition) is 3. The molecule has 2 rings (SSSR count). The minimum atomic E-state index is -0.681. The highest BCUT2D eigenvalue weighted by Gasteiger charge is 2.29. The number of aliphatic imine (C=N–C) groups is 1. The molecule has 1 heterocycles. The molecule has 1 aromatic rings. The molecular formula is C14H18FN3O. The lowest BCUT2D eigenvalue weighted by Gasteiger charge is -2.21. The standard InChI is InChI=1S/C14H18FN3O/c1-8-5-6-9(7-10(8)15)11-12(19)17-13(16-11)18-14(2,3)4/h5-7,11H,1-4H3,(H2,16,17,18,19). The van der Waals surface area contributed by atoms with Crippen LogP contribution in [0.3, 0.4) is 0 Å². The molecule has 0 saturated carbocycles. The van der Waals surface area contributed by atoms with E-state index in [0.717, 1.165) is 0 Å². The maximum Gasteiger partial charge on any atom is 0.256 e. The Labute approximate surface area is 112 Å². The van der Waals surface area contributed by atoms with E-state index < -0.39 is 6.04 Å². The van der Waals surface area contributed by atoms with Gasteiger partial charge < -0.3 is 5.32 Å². The zero-order chi connectivity index (χ0) is 14.2. The van der Waals surface area contributed by atoms with Crippen molar-refractivity contribution >= 4 is 11.9 Å². The fraction of sp³-hybridized carbons (Fsp3) is 0.429. The van der Waals surface area contributed by atoms with E-state index in [0.29, 0.717) is 17.1 Å².